The van der Waals surface area contributed by atoms with Gasteiger partial charge in [-0.1, -0.05) is 56.7 Å². The fourth-order valence-electron chi connectivity index (χ4n) is 1.09. The second kappa shape index (κ2) is 11.9. The van der Waals surface area contributed by atoms with Crippen LogP contribution in [-0.2, 0) is 0 Å². The normalized spacial score (nSPS) is 9.38. The third-order valence-electron chi connectivity index (χ3n) is 1.82. The Balaban J connectivity index is 2.91. The second-order valence-corrected chi connectivity index (χ2v) is 3.95. The Morgan fingerprint density at radius 1 is 1.08 bits per heavy atom. The molecule has 76 valence electrons. The Labute approximate surface area is 86.3 Å². The summed E-state index contributed by atoms with van der Waals surface area (Å²) in [6.07, 6.45) is 8.02. The third kappa shape index (κ3) is 11.9. The largest absolute Gasteiger partial charge is 0.384 e. The number of hydrogen-bond donors (Lipinski definition) is 1. The number of aliphatic hydroxyl groups is 1. The molecule has 0 aromatic rings. The molecule has 1 nitrogen and oxygen atoms in total. The lowest BCUT2D eigenvalue weighted by atomic mass is 10.1. The van der Waals surface area contributed by atoms with Gasteiger partial charge < -0.3 is 5.11 Å². The van der Waals surface area contributed by atoms with Crippen molar-refractivity contribution >= 4 is 11.8 Å². The van der Waals surface area contributed by atoms with Crippen LogP contribution >= 0.6 is 11.8 Å². The molecule has 13 heavy (non-hydrogen) atoms. The first kappa shape index (κ1) is 12.9. The van der Waals surface area contributed by atoms with Gasteiger partial charge in [0.2, 0.25) is 0 Å². The van der Waals surface area contributed by atoms with Gasteiger partial charge in [-0.3, -0.25) is 0 Å². The number of hydrogen-bond acceptors (Lipinski definition) is 2. The Morgan fingerprint density at radius 3 is 2.46 bits per heavy atom. The SMILES string of the molecule is CCCCCCCCSC#CCO. The van der Waals surface area contributed by atoms with Gasteiger partial charge in [0.15, 0.2) is 0 Å². The first-order valence-corrected chi connectivity index (χ1v) is 6.11. The smallest absolute Gasteiger partial charge is 0.105 e. The van der Waals surface area contributed by atoms with Crippen LogP contribution in [0.25, 0.3) is 0 Å². The molecule has 0 unspecified atom stereocenters. The summed E-state index contributed by atoms with van der Waals surface area (Å²) in [5, 5.41) is 11.2. The van der Waals surface area contributed by atoms with E-state index in [9.17, 15) is 0 Å². The van der Waals surface area contributed by atoms with E-state index in [1.165, 1.54) is 38.5 Å². The van der Waals surface area contributed by atoms with Crippen LogP contribution in [0.15, 0.2) is 0 Å². The van der Waals surface area contributed by atoms with Crippen LogP contribution in [0.2, 0.25) is 0 Å². The molecule has 0 spiro atoms. The molecule has 0 aromatic carbocycles. The van der Waals surface area contributed by atoms with Crippen molar-refractivity contribution in [1.82, 2.24) is 0 Å². The van der Waals surface area contributed by atoms with Crippen LogP contribution in [0, 0.1) is 11.2 Å². The van der Waals surface area contributed by atoms with E-state index in [2.05, 4.69) is 18.1 Å². The Hall–Kier alpha value is -0.130. The summed E-state index contributed by atoms with van der Waals surface area (Å²) in [4.78, 5) is 0. The van der Waals surface area contributed by atoms with Crippen molar-refractivity contribution in [2.24, 2.45) is 0 Å². The summed E-state index contributed by atoms with van der Waals surface area (Å²) in [5.41, 5.74) is 0. The van der Waals surface area contributed by atoms with E-state index >= 15 is 0 Å². The maximum atomic E-state index is 8.38. The average molecular weight is 200 g/mol. The Morgan fingerprint density at radius 2 is 1.77 bits per heavy atom. The van der Waals surface area contributed by atoms with Gasteiger partial charge in [0.1, 0.15) is 6.61 Å². The van der Waals surface area contributed by atoms with Gasteiger partial charge in [-0.25, -0.2) is 0 Å². The van der Waals surface area contributed by atoms with Gasteiger partial charge in [0.25, 0.3) is 0 Å². The summed E-state index contributed by atoms with van der Waals surface area (Å²) in [6.45, 7) is 2.23. The van der Waals surface area contributed by atoms with Crippen molar-refractivity contribution in [2.45, 2.75) is 45.4 Å². The Kier molecular flexibility index (Phi) is 11.8. The zero-order chi connectivity index (χ0) is 9.78. The van der Waals surface area contributed by atoms with Gasteiger partial charge in [-0.2, -0.15) is 0 Å². The standard InChI is InChI=1S/C11H20OS/c1-2-3-4-5-6-7-10-13-11-8-9-12/h12H,2-7,9-10H2,1H3. The highest BCUT2D eigenvalue weighted by Gasteiger charge is 1.89. The van der Waals surface area contributed by atoms with Crippen molar-refractivity contribution in [1.29, 1.82) is 0 Å². The fourth-order valence-corrected chi connectivity index (χ4v) is 1.71. The first-order valence-electron chi connectivity index (χ1n) is 5.12. The number of rotatable bonds is 7. The molecule has 0 amide bonds. The zero-order valence-corrected chi connectivity index (χ0v) is 9.33. The van der Waals surface area contributed by atoms with Crippen molar-refractivity contribution in [3.8, 4) is 11.2 Å². The number of thioether (sulfide) groups is 1. The van der Waals surface area contributed by atoms with E-state index in [1.54, 1.807) is 11.8 Å². The topological polar surface area (TPSA) is 20.2 Å². The zero-order valence-electron chi connectivity index (χ0n) is 8.51. The fraction of sp³-hybridized carbons (Fsp3) is 0.818. The molecule has 0 aromatic heterocycles. The van der Waals surface area contributed by atoms with Crippen LogP contribution in [0.3, 0.4) is 0 Å². The maximum Gasteiger partial charge on any atom is 0.105 e. The minimum Gasteiger partial charge on any atom is -0.384 e. The van der Waals surface area contributed by atoms with E-state index in [1.807, 2.05) is 0 Å². The maximum absolute atomic E-state index is 8.38. The van der Waals surface area contributed by atoms with Gasteiger partial charge in [0.05, 0.1) is 0 Å². The van der Waals surface area contributed by atoms with Crippen molar-refractivity contribution in [2.75, 3.05) is 12.4 Å². The number of unbranched alkanes of at least 4 members (excludes halogenated alkanes) is 5. The lowest BCUT2D eigenvalue weighted by Gasteiger charge is -1.97. The molecule has 0 aliphatic rings. The van der Waals surface area contributed by atoms with Crippen molar-refractivity contribution in [3.05, 3.63) is 0 Å². The van der Waals surface area contributed by atoms with Crippen LogP contribution in [-0.4, -0.2) is 17.5 Å². The van der Waals surface area contributed by atoms with E-state index < -0.39 is 0 Å². The van der Waals surface area contributed by atoms with Crippen molar-refractivity contribution < 1.29 is 5.11 Å². The molecule has 0 rings (SSSR count). The summed E-state index contributed by atoms with van der Waals surface area (Å²) in [6, 6.07) is 0. The molecule has 0 bridgehead atoms. The first-order chi connectivity index (χ1) is 6.41. The van der Waals surface area contributed by atoms with Gasteiger partial charge in [-0.05, 0) is 11.7 Å². The molecule has 0 radical (unpaired) electrons. The van der Waals surface area contributed by atoms with E-state index in [0.29, 0.717) is 0 Å². The molecule has 2 heteroatoms. The molecule has 0 aliphatic heterocycles. The van der Waals surface area contributed by atoms with E-state index in [-0.39, 0.29) is 6.61 Å². The molecular formula is C11H20OS. The Bertz CT molecular complexity index is 146. The second-order valence-electron chi connectivity index (χ2n) is 3.05. The highest BCUT2D eigenvalue weighted by Crippen LogP contribution is 2.08. The predicted molar refractivity (Wildman–Crippen MR) is 60.7 cm³/mol. The van der Waals surface area contributed by atoms with Crippen LogP contribution < -0.4 is 0 Å². The van der Waals surface area contributed by atoms with Crippen molar-refractivity contribution in [3.63, 3.8) is 0 Å². The van der Waals surface area contributed by atoms with E-state index in [4.69, 9.17) is 5.11 Å². The minimum atomic E-state index is -0.0104. The molecule has 0 aliphatic carbocycles. The van der Waals surface area contributed by atoms with E-state index in [0.717, 1.165) is 5.75 Å². The lowest BCUT2D eigenvalue weighted by molar-refractivity contribution is 0.351. The summed E-state index contributed by atoms with van der Waals surface area (Å²) < 4.78 is 0. The molecule has 0 saturated carbocycles. The molecule has 0 saturated heterocycles. The van der Waals surface area contributed by atoms with Crippen LogP contribution in [0.5, 0.6) is 0 Å². The summed E-state index contributed by atoms with van der Waals surface area (Å²) in [7, 11) is 0. The van der Waals surface area contributed by atoms with Crippen LogP contribution in [0.1, 0.15) is 45.4 Å². The summed E-state index contributed by atoms with van der Waals surface area (Å²) in [5.74, 6) is 3.74. The third-order valence-corrected chi connectivity index (χ3v) is 2.60. The molecular weight excluding hydrogens is 180 g/mol. The lowest BCUT2D eigenvalue weighted by Crippen LogP contribution is -1.81. The summed E-state index contributed by atoms with van der Waals surface area (Å²) >= 11 is 1.62. The molecule has 0 heterocycles. The molecule has 0 atom stereocenters. The monoisotopic (exact) mass is 200 g/mol. The van der Waals surface area contributed by atoms with Gasteiger partial charge in [0, 0.05) is 5.75 Å². The molecule has 0 fully saturated rings. The quantitative estimate of drug-likeness (QED) is 0.503. The van der Waals surface area contributed by atoms with Gasteiger partial charge in [-0.15, -0.1) is 0 Å². The highest BCUT2D eigenvalue weighted by molar-refractivity contribution is 8.03. The number of aliphatic hydroxyl groups excluding tert-OH is 1. The van der Waals surface area contributed by atoms with Crippen LogP contribution in [0.4, 0.5) is 0 Å². The minimum absolute atomic E-state index is 0.0104. The molecule has 1 N–H and O–H groups in total. The van der Waals surface area contributed by atoms with Gasteiger partial charge >= 0.3 is 0 Å². The predicted octanol–water partition coefficient (Wildman–Crippen LogP) is 3.03. The highest BCUT2D eigenvalue weighted by atomic mass is 32.2. The average Bonchev–Trinajstić information content (AvgIpc) is 2.16.